The Bertz CT molecular complexity index is 594. The number of hydrogen-bond acceptors (Lipinski definition) is 4. The van der Waals surface area contributed by atoms with Gasteiger partial charge in [0.2, 0.25) is 5.95 Å². The van der Waals surface area contributed by atoms with Crippen LogP contribution in [0.15, 0.2) is 30.5 Å². The van der Waals surface area contributed by atoms with E-state index in [1.807, 2.05) is 6.07 Å². The van der Waals surface area contributed by atoms with Crippen molar-refractivity contribution < 1.29 is 0 Å². The summed E-state index contributed by atoms with van der Waals surface area (Å²) in [5.41, 5.74) is 1.59. The van der Waals surface area contributed by atoms with Crippen molar-refractivity contribution in [3.63, 3.8) is 0 Å². The first-order valence-electron chi connectivity index (χ1n) is 4.74. The lowest BCUT2D eigenvalue weighted by atomic mass is 10.0. The lowest BCUT2D eigenvalue weighted by Crippen LogP contribution is -2.09. The molecule has 1 aromatic carbocycles. The fourth-order valence-electron chi connectivity index (χ4n) is 1.23. The van der Waals surface area contributed by atoms with Crippen LogP contribution in [-0.4, -0.2) is 17.8 Å². The Morgan fingerprint density at radius 3 is 2.94 bits per heavy atom. The Kier molecular flexibility index (Phi) is 3.26. The van der Waals surface area contributed by atoms with Crippen LogP contribution in [0.25, 0.3) is 0 Å². The quantitative estimate of drug-likeness (QED) is 0.639. The molecule has 0 aliphatic rings. The molecule has 0 unspecified atom stereocenters. The Balaban J connectivity index is 2.25. The van der Waals surface area contributed by atoms with Crippen LogP contribution >= 0.6 is 11.6 Å². The van der Waals surface area contributed by atoms with Gasteiger partial charge in [-0.05, 0) is 23.7 Å². The monoisotopic (exact) mass is 240 g/mol. The Labute approximate surface area is 105 Å². The molecular weight excluding hydrogens is 234 g/mol. The fraction of sp³-hybridized carbons (Fsp3) is 0. The van der Waals surface area contributed by atoms with Crippen molar-refractivity contribution in [3.05, 3.63) is 41.2 Å². The second-order valence-electron chi connectivity index (χ2n) is 3.26. The Morgan fingerprint density at radius 2 is 2.24 bits per heavy atom. The average molecular weight is 240 g/mol. The van der Waals surface area contributed by atoms with Gasteiger partial charge in [-0.25, -0.2) is 9.97 Å². The summed E-state index contributed by atoms with van der Waals surface area (Å²) >= 11 is 5.77. The molecular formula is C11H6BClN4. The lowest BCUT2D eigenvalue weighted by molar-refractivity contribution is 1.18. The lowest BCUT2D eigenvalue weighted by Gasteiger charge is -2.05. The van der Waals surface area contributed by atoms with Crippen molar-refractivity contribution in [2.75, 3.05) is 5.32 Å². The SMILES string of the molecule is [B]c1cnc(Nc2cccc(C#N)c2)nc1Cl. The topological polar surface area (TPSA) is 61.6 Å². The van der Waals surface area contributed by atoms with Gasteiger partial charge in [-0.15, -0.1) is 0 Å². The van der Waals surface area contributed by atoms with Crippen molar-refractivity contribution in [1.82, 2.24) is 9.97 Å². The van der Waals surface area contributed by atoms with E-state index in [4.69, 9.17) is 24.7 Å². The zero-order valence-corrected chi connectivity index (χ0v) is 9.44. The molecule has 2 rings (SSSR count). The number of aromatic nitrogens is 2. The maximum atomic E-state index is 8.76. The molecule has 17 heavy (non-hydrogen) atoms. The van der Waals surface area contributed by atoms with E-state index >= 15 is 0 Å². The van der Waals surface area contributed by atoms with E-state index in [1.165, 1.54) is 6.20 Å². The molecule has 1 heterocycles. The van der Waals surface area contributed by atoms with E-state index in [2.05, 4.69) is 15.3 Å². The maximum absolute atomic E-state index is 8.76. The molecule has 0 atom stereocenters. The van der Waals surface area contributed by atoms with Gasteiger partial charge in [0.15, 0.2) is 0 Å². The van der Waals surface area contributed by atoms with Crippen LogP contribution in [0.1, 0.15) is 5.56 Å². The van der Waals surface area contributed by atoms with E-state index < -0.39 is 0 Å². The van der Waals surface area contributed by atoms with Gasteiger partial charge in [-0.1, -0.05) is 17.7 Å². The largest absolute Gasteiger partial charge is 0.324 e. The van der Waals surface area contributed by atoms with Crippen LogP contribution in [0.4, 0.5) is 11.6 Å². The summed E-state index contributed by atoms with van der Waals surface area (Å²) in [5, 5.41) is 11.9. The van der Waals surface area contributed by atoms with Gasteiger partial charge >= 0.3 is 0 Å². The van der Waals surface area contributed by atoms with E-state index in [0.717, 1.165) is 0 Å². The zero-order chi connectivity index (χ0) is 12.3. The number of rotatable bonds is 2. The minimum atomic E-state index is 0.193. The van der Waals surface area contributed by atoms with Crippen LogP contribution in [0, 0.1) is 11.3 Å². The zero-order valence-electron chi connectivity index (χ0n) is 8.68. The second-order valence-corrected chi connectivity index (χ2v) is 3.62. The molecule has 0 spiro atoms. The highest BCUT2D eigenvalue weighted by Gasteiger charge is 2.02. The molecule has 0 saturated carbocycles. The van der Waals surface area contributed by atoms with Crippen LogP contribution < -0.4 is 10.8 Å². The number of nitrogens with one attached hydrogen (secondary N) is 1. The van der Waals surface area contributed by atoms with E-state index in [-0.39, 0.29) is 5.15 Å². The third-order valence-electron chi connectivity index (χ3n) is 2.02. The molecule has 0 aliphatic carbocycles. The number of nitriles is 1. The molecule has 0 aliphatic heterocycles. The van der Waals surface area contributed by atoms with Crippen LogP contribution in [0.3, 0.4) is 0 Å². The Morgan fingerprint density at radius 1 is 1.41 bits per heavy atom. The van der Waals surface area contributed by atoms with Gasteiger partial charge in [0, 0.05) is 11.9 Å². The fourth-order valence-corrected chi connectivity index (χ4v) is 1.36. The van der Waals surface area contributed by atoms with E-state index in [0.29, 0.717) is 22.7 Å². The van der Waals surface area contributed by atoms with Crippen molar-refractivity contribution in [2.45, 2.75) is 0 Å². The summed E-state index contributed by atoms with van der Waals surface area (Å²) in [5.74, 6) is 0.333. The van der Waals surface area contributed by atoms with Gasteiger partial charge in [0.1, 0.15) is 13.0 Å². The molecule has 0 bridgehead atoms. The summed E-state index contributed by atoms with van der Waals surface area (Å²) in [7, 11) is 5.50. The highest BCUT2D eigenvalue weighted by Crippen LogP contribution is 2.14. The molecule has 1 N–H and O–H groups in total. The number of nitrogens with zero attached hydrogens (tertiary/aromatic N) is 3. The van der Waals surface area contributed by atoms with E-state index in [9.17, 15) is 0 Å². The molecule has 4 nitrogen and oxygen atoms in total. The first-order valence-corrected chi connectivity index (χ1v) is 5.12. The number of anilines is 2. The first kappa shape index (κ1) is 11.4. The van der Waals surface area contributed by atoms with Gasteiger partial charge < -0.3 is 5.32 Å². The highest BCUT2D eigenvalue weighted by atomic mass is 35.5. The summed E-state index contributed by atoms with van der Waals surface area (Å²) in [6.45, 7) is 0. The number of hydrogen-bond donors (Lipinski definition) is 1. The van der Waals surface area contributed by atoms with Crippen molar-refractivity contribution in [1.29, 1.82) is 5.26 Å². The van der Waals surface area contributed by atoms with Crippen molar-refractivity contribution in [3.8, 4) is 6.07 Å². The molecule has 0 saturated heterocycles. The molecule has 1 aromatic heterocycles. The smallest absolute Gasteiger partial charge is 0.228 e. The average Bonchev–Trinajstić information content (AvgIpc) is 2.34. The molecule has 0 amide bonds. The normalized spacial score (nSPS) is 9.65. The summed E-state index contributed by atoms with van der Waals surface area (Å²) in [4.78, 5) is 7.93. The predicted molar refractivity (Wildman–Crippen MR) is 66.9 cm³/mol. The van der Waals surface area contributed by atoms with Gasteiger partial charge in [-0.2, -0.15) is 5.26 Å². The molecule has 80 valence electrons. The summed E-state index contributed by atoms with van der Waals surface area (Å²) in [6.07, 6.45) is 1.42. The molecule has 2 radical (unpaired) electrons. The van der Waals surface area contributed by atoms with Gasteiger partial charge in [-0.3, -0.25) is 0 Å². The van der Waals surface area contributed by atoms with Crippen LogP contribution in [-0.2, 0) is 0 Å². The predicted octanol–water partition coefficient (Wildman–Crippen LogP) is 1.54. The first-order chi connectivity index (χ1) is 8.19. The Hall–Kier alpha value is -2.06. The third-order valence-corrected chi connectivity index (χ3v) is 2.32. The maximum Gasteiger partial charge on any atom is 0.228 e. The molecule has 2 aromatic rings. The van der Waals surface area contributed by atoms with Crippen LogP contribution in [0.2, 0.25) is 5.15 Å². The van der Waals surface area contributed by atoms with Crippen molar-refractivity contribution >= 4 is 36.5 Å². The molecule has 0 fully saturated rings. The standard InChI is InChI=1S/C11H6BClN4/c12-9-6-15-11(17-10(9)13)16-8-3-1-2-7(4-8)5-14/h1-4,6H,(H,15,16,17). The van der Waals surface area contributed by atoms with Gasteiger partial charge in [0.25, 0.3) is 0 Å². The van der Waals surface area contributed by atoms with Gasteiger partial charge in [0.05, 0.1) is 11.6 Å². The van der Waals surface area contributed by atoms with Crippen molar-refractivity contribution in [2.24, 2.45) is 0 Å². The minimum Gasteiger partial charge on any atom is -0.324 e. The summed E-state index contributed by atoms with van der Waals surface area (Å²) in [6, 6.07) is 9.01. The number of halogens is 1. The van der Waals surface area contributed by atoms with E-state index in [1.54, 1.807) is 24.3 Å². The highest BCUT2D eigenvalue weighted by molar-refractivity contribution is 6.44. The number of benzene rings is 1. The summed E-state index contributed by atoms with van der Waals surface area (Å²) < 4.78 is 0. The third kappa shape index (κ3) is 2.74. The van der Waals surface area contributed by atoms with Crippen LogP contribution in [0.5, 0.6) is 0 Å². The molecule has 6 heteroatoms. The second kappa shape index (κ2) is 4.85. The minimum absolute atomic E-state index is 0.193.